The van der Waals surface area contributed by atoms with Crippen molar-refractivity contribution in [3.05, 3.63) is 29.4 Å². The summed E-state index contributed by atoms with van der Waals surface area (Å²) >= 11 is 1.65. The van der Waals surface area contributed by atoms with E-state index in [1.165, 1.54) is 12.8 Å². The Morgan fingerprint density at radius 2 is 2.18 bits per heavy atom. The molecule has 0 aromatic carbocycles. The second kappa shape index (κ2) is 5.03. The zero-order valence-electron chi connectivity index (χ0n) is 13.0. The summed E-state index contributed by atoms with van der Waals surface area (Å²) in [6, 6.07) is 4.15. The first-order chi connectivity index (χ1) is 10.6. The van der Waals surface area contributed by atoms with E-state index in [-0.39, 0.29) is 17.5 Å². The molecule has 2 bridgehead atoms. The third-order valence-corrected chi connectivity index (χ3v) is 6.31. The van der Waals surface area contributed by atoms with Gasteiger partial charge in [-0.2, -0.15) is 0 Å². The van der Waals surface area contributed by atoms with Gasteiger partial charge < -0.3 is 5.32 Å². The van der Waals surface area contributed by atoms with Crippen LogP contribution in [0.1, 0.15) is 37.2 Å². The van der Waals surface area contributed by atoms with Gasteiger partial charge in [-0.3, -0.25) is 9.69 Å². The summed E-state index contributed by atoms with van der Waals surface area (Å²) in [5.41, 5.74) is 0.557. The van der Waals surface area contributed by atoms with Crippen LogP contribution in [0.3, 0.4) is 0 Å². The number of rotatable bonds is 2. The summed E-state index contributed by atoms with van der Waals surface area (Å²) in [6.45, 7) is 6.81. The van der Waals surface area contributed by atoms with Crippen LogP contribution >= 0.6 is 11.3 Å². The fraction of sp³-hybridized carbons (Fsp3) is 0.529. The quantitative estimate of drug-likeness (QED) is 0.927. The van der Waals surface area contributed by atoms with Gasteiger partial charge in [0.25, 0.3) is 5.91 Å². The van der Waals surface area contributed by atoms with Crippen LogP contribution < -0.4 is 5.32 Å². The highest BCUT2D eigenvalue weighted by Gasteiger charge is 2.48. The van der Waals surface area contributed by atoms with Crippen molar-refractivity contribution >= 4 is 27.3 Å². The van der Waals surface area contributed by atoms with Crippen LogP contribution in [0.2, 0.25) is 0 Å². The molecule has 22 heavy (non-hydrogen) atoms. The van der Waals surface area contributed by atoms with Crippen molar-refractivity contribution in [3.8, 4) is 0 Å². The molecular formula is C17H21N3OS. The molecule has 4 nitrogen and oxygen atoms in total. The fourth-order valence-electron chi connectivity index (χ4n) is 4.08. The van der Waals surface area contributed by atoms with E-state index in [9.17, 15) is 4.79 Å². The Hall–Kier alpha value is -1.46. The molecule has 0 spiro atoms. The van der Waals surface area contributed by atoms with Crippen LogP contribution in [-0.2, 0) is 0 Å². The summed E-state index contributed by atoms with van der Waals surface area (Å²) in [5.74, 6) is 0.550. The van der Waals surface area contributed by atoms with E-state index in [4.69, 9.17) is 0 Å². The molecule has 3 aliphatic rings. The Labute approximate surface area is 134 Å². The molecule has 5 heteroatoms. The number of pyridine rings is 1. The number of nitrogens with one attached hydrogen (secondary N) is 1. The molecule has 2 aromatic rings. The molecule has 5 rings (SSSR count). The molecule has 5 heterocycles. The summed E-state index contributed by atoms with van der Waals surface area (Å²) < 4.78 is 1.12. The van der Waals surface area contributed by atoms with Gasteiger partial charge in [0.15, 0.2) is 0 Å². The van der Waals surface area contributed by atoms with Gasteiger partial charge in [0.2, 0.25) is 0 Å². The Morgan fingerprint density at radius 1 is 1.41 bits per heavy atom. The third-order valence-electron chi connectivity index (χ3n) is 5.45. The van der Waals surface area contributed by atoms with Crippen molar-refractivity contribution in [2.75, 3.05) is 13.1 Å². The zero-order valence-corrected chi connectivity index (χ0v) is 13.8. The van der Waals surface area contributed by atoms with Crippen LogP contribution in [0.5, 0.6) is 0 Å². The lowest BCUT2D eigenvalue weighted by atomic mass is 9.72. The lowest BCUT2D eigenvalue weighted by Gasteiger charge is -2.56. The molecule has 0 radical (unpaired) electrons. The summed E-state index contributed by atoms with van der Waals surface area (Å²) in [6.07, 6.45) is 4.17. The van der Waals surface area contributed by atoms with Crippen molar-refractivity contribution in [1.29, 1.82) is 0 Å². The first-order valence-corrected chi connectivity index (χ1v) is 8.83. The number of hydrogen-bond donors (Lipinski definition) is 1. The van der Waals surface area contributed by atoms with Gasteiger partial charge >= 0.3 is 0 Å². The number of carbonyl (C=O) groups excluding carboxylic acids is 1. The van der Waals surface area contributed by atoms with Crippen molar-refractivity contribution < 1.29 is 4.79 Å². The van der Waals surface area contributed by atoms with Crippen molar-refractivity contribution in [2.24, 2.45) is 5.92 Å². The van der Waals surface area contributed by atoms with Crippen LogP contribution in [0.4, 0.5) is 0 Å². The molecule has 0 aliphatic carbocycles. The maximum Gasteiger partial charge on any atom is 0.270 e. The topological polar surface area (TPSA) is 45.2 Å². The van der Waals surface area contributed by atoms with E-state index in [0.717, 1.165) is 23.2 Å². The highest BCUT2D eigenvalue weighted by Crippen LogP contribution is 2.39. The van der Waals surface area contributed by atoms with Crippen LogP contribution in [0.25, 0.3) is 10.1 Å². The van der Waals surface area contributed by atoms with Crippen molar-refractivity contribution in [2.45, 2.75) is 38.3 Å². The lowest BCUT2D eigenvalue weighted by molar-refractivity contribution is -0.0378. The summed E-state index contributed by atoms with van der Waals surface area (Å²) in [5, 5.41) is 6.40. The molecule has 3 aliphatic heterocycles. The van der Waals surface area contributed by atoms with Crippen molar-refractivity contribution in [3.63, 3.8) is 0 Å². The SMILES string of the molecule is CC1(C)[C@@H](NC(=O)c2cc3ccsc3cn2)C2CCN1CC2. The maximum atomic E-state index is 12.7. The molecule has 0 saturated carbocycles. The Morgan fingerprint density at radius 3 is 2.91 bits per heavy atom. The second-order valence-electron chi connectivity index (χ2n) is 6.96. The number of nitrogens with zero attached hydrogens (tertiary/aromatic N) is 2. The highest BCUT2D eigenvalue weighted by molar-refractivity contribution is 7.17. The van der Waals surface area contributed by atoms with E-state index >= 15 is 0 Å². The summed E-state index contributed by atoms with van der Waals surface area (Å²) in [4.78, 5) is 19.5. The average molecular weight is 315 g/mol. The molecule has 1 atom stereocenters. The van der Waals surface area contributed by atoms with E-state index in [1.54, 1.807) is 17.5 Å². The molecular weight excluding hydrogens is 294 g/mol. The minimum absolute atomic E-state index is 0.0311. The minimum Gasteiger partial charge on any atom is -0.346 e. The van der Waals surface area contributed by atoms with Gasteiger partial charge in [0, 0.05) is 17.8 Å². The standard InChI is InChI=1S/C17H21N3OS/c1-17(2)15(11-3-6-20(17)7-4-11)19-16(21)13-9-12-5-8-22-14(12)10-18-13/h5,8-11,15H,3-4,6-7H2,1-2H3,(H,19,21)/t15-/m0/s1. The third kappa shape index (κ3) is 2.15. The molecule has 3 fully saturated rings. The second-order valence-corrected chi connectivity index (χ2v) is 7.90. The zero-order chi connectivity index (χ0) is 15.3. The smallest absolute Gasteiger partial charge is 0.270 e. The number of hydrogen-bond acceptors (Lipinski definition) is 4. The first-order valence-electron chi connectivity index (χ1n) is 7.95. The number of carbonyl (C=O) groups is 1. The molecule has 1 N–H and O–H groups in total. The average Bonchev–Trinajstić information content (AvgIpc) is 2.98. The summed E-state index contributed by atoms with van der Waals surface area (Å²) in [7, 11) is 0. The molecule has 1 amide bonds. The number of fused-ring (bicyclic) bond motifs is 4. The van der Waals surface area contributed by atoms with Gasteiger partial charge in [-0.25, -0.2) is 4.98 Å². The number of piperidine rings is 3. The monoisotopic (exact) mass is 315 g/mol. The Bertz CT molecular complexity index is 716. The van der Waals surface area contributed by atoms with E-state index in [0.29, 0.717) is 11.6 Å². The van der Waals surface area contributed by atoms with Crippen LogP contribution in [0, 0.1) is 5.92 Å². The minimum atomic E-state index is -0.0417. The number of aromatic nitrogens is 1. The van der Waals surface area contributed by atoms with E-state index in [2.05, 4.69) is 29.0 Å². The largest absolute Gasteiger partial charge is 0.346 e. The molecule has 3 saturated heterocycles. The highest BCUT2D eigenvalue weighted by atomic mass is 32.1. The van der Waals surface area contributed by atoms with Crippen LogP contribution in [-0.4, -0.2) is 40.5 Å². The Kier molecular flexibility index (Phi) is 3.24. The predicted octanol–water partition coefficient (Wildman–Crippen LogP) is 2.90. The number of amides is 1. The maximum absolute atomic E-state index is 12.7. The first kappa shape index (κ1) is 14.2. The molecule has 0 unspecified atom stereocenters. The number of thiophene rings is 1. The van der Waals surface area contributed by atoms with E-state index < -0.39 is 0 Å². The molecule has 116 valence electrons. The van der Waals surface area contributed by atoms with Gasteiger partial charge in [0.05, 0.1) is 4.70 Å². The van der Waals surface area contributed by atoms with Crippen molar-refractivity contribution in [1.82, 2.24) is 15.2 Å². The molecule has 2 aromatic heterocycles. The predicted molar refractivity (Wildman–Crippen MR) is 89.3 cm³/mol. The van der Waals surface area contributed by atoms with Gasteiger partial charge in [0.1, 0.15) is 5.69 Å². The Balaban J connectivity index is 1.58. The van der Waals surface area contributed by atoms with E-state index in [1.807, 2.05) is 17.5 Å². The van der Waals surface area contributed by atoms with Gasteiger partial charge in [-0.05, 0) is 68.6 Å². The van der Waals surface area contributed by atoms with Gasteiger partial charge in [-0.15, -0.1) is 11.3 Å². The van der Waals surface area contributed by atoms with Crippen LogP contribution in [0.15, 0.2) is 23.7 Å². The lowest BCUT2D eigenvalue weighted by Crippen LogP contribution is -2.69. The fourth-order valence-corrected chi connectivity index (χ4v) is 4.82. The normalized spacial score (nSPS) is 29.6. The van der Waals surface area contributed by atoms with Gasteiger partial charge in [-0.1, -0.05) is 0 Å².